The van der Waals surface area contributed by atoms with Gasteiger partial charge in [-0.3, -0.25) is 14.9 Å². The fraction of sp³-hybridized carbons (Fsp3) is 0.176. The van der Waals surface area contributed by atoms with Crippen molar-refractivity contribution in [1.29, 1.82) is 0 Å². The normalized spacial score (nSPS) is 11.0. The van der Waals surface area contributed by atoms with Gasteiger partial charge < -0.3 is 10.1 Å². The van der Waals surface area contributed by atoms with Gasteiger partial charge in [0, 0.05) is 11.8 Å². The van der Waals surface area contributed by atoms with Crippen LogP contribution in [-0.4, -0.2) is 29.7 Å². The number of benzene rings is 2. The van der Waals surface area contributed by atoms with Crippen LogP contribution in [0, 0.1) is 10.1 Å². The van der Waals surface area contributed by atoms with Crippen LogP contribution < -0.4 is 5.32 Å². The molecule has 11 heteroatoms. The van der Waals surface area contributed by atoms with Crippen LogP contribution in [0.4, 0.5) is 24.5 Å². The minimum atomic E-state index is -4.71. The van der Waals surface area contributed by atoms with Crippen LogP contribution in [0.2, 0.25) is 0 Å². The van der Waals surface area contributed by atoms with Gasteiger partial charge in [0.15, 0.2) is 0 Å². The summed E-state index contributed by atoms with van der Waals surface area (Å²) < 4.78 is 42.7. The molecule has 7 nitrogen and oxygen atoms in total. The lowest BCUT2D eigenvalue weighted by atomic mass is 10.2. The first kappa shape index (κ1) is 21.2. The molecule has 28 heavy (non-hydrogen) atoms. The topological polar surface area (TPSA) is 98.5 Å². The lowest BCUT2D eigenvalue weighted by molar-refractivity contribution is -0.388. The number of carbonyl (C=O) groups is 2. The Morgan fingerprint density at radius 2 is 1.93 bits per heavy atom. The zero-order chi connectivity index (χ0) is 20.9. The number of nitro groups is 1. The SMILES string of the molecule is COC(=O)c1cccc(NC(=O)CSc2ccc(C(F)(F)F)cc2[N+](=O)[O-])c1. The van der Waals surface area contributed by atoms with Crippen LogP contribution in [0.25, 0.3) is 0 Å². The molecule has 2 aromatic rings. The average molecular weight is 414 g/mol. The molecule has 0 saturated carbocycles. The van der Waals surface area contributed by atoms with Crippen LogP contribution in [-0.2, 0) is 15.7 Å². The van der Waals surface area contributed by atoms with Gasteiger partial charge in [0.25, 0.3) is 5.69 Å². The highest BCUT2D eigenvalue weighted by Crippen LogP contribution is 2.36. The third kappa shape index (κ3) is 5.46. The molecule has 0 fully saturated rings. The van der Waals surface area contributed by atoms with Gasteiger partial charge in [0.05, 0.1) is 33.8 Å². The first-order valence-corrected chi connectivity index (χ1v) is 8.57. The minimum Gasteiger partial charge on any atom is -0.465 e. The summed E-state index contributed by atoms with van der Waals surface area (Å²) >= 11 is 0.724. The molecule has 0 aliphatic rings. The van der Waals surface area contributed by atoms with E-state index in [1.165, 1.54) is 31.4 Å². The van der Waals surface area contributed by atoms with Crippen molar-refractivity contribution >= 4 is 35.0 Å². The maximum absolute atomic E-state index is 12.7. The van der Waals surface area contributed by atoms with E-state index in [9.17, 15) is 32.9 Å². The fourth-order valence-corrected chi connectivity index (χ4v) is 2.94. The Labute approximate surface area is 161 Å². The van der Waals surface area contributed by atoms with Crippen LogP contribution in [0.15, 0.2) is 47.4 Å². The van der Waals surface area contributed by atoms with Crippen LogP contribution in [0.5, 0.6) is 0 Å². The molecule has 0 bridgehead atoms. The smallest absolute Gasteiger partial charge is 0.416 e. The van der Waals surface area contributed by atoms with E-state index in [4.69, 9.17) is 0 Å². The number of hydrogen-bond acceptors (Lipinski definition) is 6. The summed E-state index contributed by atoms with van der Waals surface area (Å²) in [6.07, 6.45) is -4.71. The molecule has 0 atom stereocenters. The first-order chi connectivity index (χ1) is 13.1. The molecule has 1 amide bonds. The summed E-state index contributed by atoms with van der Waals surface area (Å²) in [5, 5.41) is 13.5. The molecule has 148 valence electrons. The molecule has 0 radical (unpaired) electrons. The highest BCUT2D eigenvalue weighted by Gasteiger charge is 2.33. The Morgan fingerprint density at radius 3 is 2.54 bits per heavy atom. The van der Waals surface area contributed by atoms with E-state index < -0.39 is 34.2 Å². The molecule has 2 rings (SSSR count). The summed E-state index contributed by atoms with van der Waals surface area (Å²) in [6.45, 7) is 0. The molecule has 0 saturated heterocycles. The number of nitrogens with zero attached hydrogens (tertiary/aromatic N) is 1. The Hall–Kier alpha value is -3.08. The van der Waals surface area contributed by atoms with Crippen molar-refractivity contribution in [2.45, 2.75) is 11.1 Å². The molecular weight excluding hydrogens is 401 g/mol. The Bertz CT molecular complexity index is 918. The number of halogens is 3. The van der Waals surface area contributed by atoms with Gasteiger partial charge in [-0.1, -0.05) is 6.07 Å². The van der Waals surface area contributed by atoms with Crippen molar-refractivity contribution in [3.63, 3.8) is 0 Å². The monoisotopic (exact) mass is 414 g/mol. The molecule has 0 aliphatic heterocycles. The second kappa shape index (κ2) is 8.74. The summed E-state index contributed by atoms with van der Waals surface area (Å²) in [6, 6.07) is 8.02. The summed E-state index contributed by atoms with van der Waals surface area (Å²) in [5.41, 5.74) is -1.37. The van der Waals surface area contributed by atoms with Gasteiger partial charge in [-0.15, -0.1) is 11.8 Å². The second-order valence-electron chi connectivity index (χ2n) is 5.35. The zero-order valence-corrected chi connectivity index (χ0v) is 15.1. The van der Waals surface area contributed by atoms with Crippen molar-refractivity contribution < 1.29 is 32.4 Å². The summed E-state index contributed by atoms with van der Waals surface area (Å²) in [4.78, 5) is 33.6. The van der Waals surface area contributed by atoms with E-state index in [0.717, 1.165) is 17.8 Å². The van der Waals surface area contributed by atoms with Crippen molar-refractivity contribution in [1.82, 2.24) is 0 Å². The van der Waals surface area contributed by atoms with Crippen molar-refractivity contribution in [2.75, 3.05) is 18.2 Å². The second-order valence-corrected chi connectivity index (χ2v) is 6.36. The maximum Gasteiger partial charge on any atom is 0.416 e. The van der Waals surface area contributed by atoms with Crippen LogP contribution in [0.1, 0.15) is 15.9 Å². The third-order valence-electron chi connectivity index (χ3n) is 3.41. The molecule has 0 unspecified atom stereocenters. The lowest BCUT2D eigenvalue weighted by Crippen LogP contribution is -2.14. The van der Waals surface area contributed by atoms with Crippen molar-refractivity contribution in [3.05, 3.63) is 63.7 Å². The molecule has 0 aliphatic carbocycles. The Kier molecular flexibility index (Phi) is 6.62. The molecule has 0 spiro atoms. The predicted molar refractivity (Wildman–Crippen MR) is 95.2 cm³/mol. The van der Waals surface area contributed by atoms with Crippen LogP contribution in [0.3, 0.4) is 0 Å². The van der Waals surface area contributed by atoms with Gasteiger partial charge in [0.1, 0.15) is 0 Å². The largest absolute Gasteiger partial charge is 0.465 e. The van der Waals surface area contributed by atoms with Crippen molar-refractivity contribution in [3.8, 4) is 0 Å². The third-order valence-corrected chi connectivity index (χ3v) is 4.47. The van der Waals surface area contributed by atoms with E-state index in [2.05, 4.69) is 10.1 Å². The van der Waals surface area contributed by atoms with Crippen molar-refractivity contribution in [2.24, 2.45) is 0 Å². The molecule has 2 aromatic carbocycles. The lowest BCUT2D eigenvalue weighted by Gasteiger charge is -2.09. The van der Waals surface area contributed by atoms with Gasteiger partial charge in [0.2, 0.25) is 5.91 Å². The molecule has 0 aromatic heterocycles. The number of alkyl halides is 3. The number of thioether (sulfide) groups is 1. The molecular formula is C17H13F3N2O5S. The standard InChI is InChI=1S/C17H13F3N2O5S/c1-27-16(24)10-3-2-4-12(7-10)21-15(23)9-28-14-6-5-11(17(18,19)20)8-13(14)22(25)26/h2-8H,9H2,1H3,(H,21,23). The van der Waals surface area contributed by atoms with E-state index in [1.54, 1.807) is 0 Å². The Balaban J connectivity index is 2.09. The van der Waals surface area contributed by atoms with Gasteiger partial charge in [-0.05, 0) is 30.3 Å². The first-order valence-electron chi connectivity index (χ1n) is 7.58. The molecule has 1 N–H and O–H groups in total. The number of ether oxygens (including phenoxy) is 1. The maximum atomic E-state index is 12.7. The number of rotatable bonds is 6. The number of esters is 1. The van der Waals surface area contributed by atoms with E-state index in [1.807, 2.05) is 0 Å². The predicted octanol–water partition coefficient (Wildman–Crippen LogP) is 4.13. The number of nitrogens with one attached hydrogen (secondary N) is 1. The average Bonchev–Trinajstić information content (AvgIpc) is 2.64. The van der Waals surface area contributed by atoms with E-state index in [-0.39, 0.29) is 16.2 Å². The quantitative estimate of drug-likeness (QED) is 0.330. The number of nitro benzene ring substituents is 1. The number of methoxy groups -OCH3 is 1. The van der Waals surface area contributed by atoms with E-state index in [0.29, 0.717) is 17.8 Å². The fourth-order valence-electron chi connectivity index (χ4n) is 2.14. The number of anilines is 1. The van der Waals surface area contributed by atoms with Gasteiger partial charge in [-0.25, -0.2) is 4.79 Å². The molecule has 0 heterocycles. The zero-order valence-electron chi connectivity index (χ0n) is 14.3. The highest BCUT2D eigenvalue weighted by atomic mass is 32.2. The summed E-state index contributed by atoms with van der Waals surface area (Å²) in [5.74, 6) is -1.43. The summed E-state index contributed by atoms with van der Waals surface area (Å²) in [7, 11) is 1.21. The van der Waals surface area contributed by atoms with Crippen LogP contribution >= 0.6 is 11.8 Å². The number of amides is 1. The van der Waals surface area contributed by atoms with Gasteiger partial charge in [-0.2, -0.15) is 13.2 Å². The minimum absolute atomic E-state index is 0.0727. The number of carbonyl (C=O) groups excluding carboxylic acids is 2. The van der Waals surface area contributed by atoms with Gasteiger partial charge >= 0.3 is 12.1 Å². The number of hydrogen-bond donors (Lipinski definition) is 1. The Morgan fingerprint density at radius 1 is 1.21 bits per heavy atom. The highest BCUT2D eigenvalue weighted by molar-refractivity contribution is 8.00. The van der Waals surface area contributed by atoms with E-state index >= 15 is 0 Å².